The van der Waals surface area contributed by atoms with E-state index in [0.29, 0.717) is 0 Å². The van der Waals surface area contributed by atoms with Crippen LogP contribution < -0.4 is 27.0 Å². The van der Waals surface area contributed by atoms with Crippen molar-refractivity contribution in [2.45, 2.75) is 31.0 Å². The van der Waals surface area contributed by atoms with Crippen LogP contribution in [0.1, 0.15) is 12.8 Å². The molecule has 15 nitrogen and oxygen atoms in total. The molecule has 0 heterocycles. The summed E-state index contributed by atoms with van der Waals surface area (Å²) in [6.45, 7) is -3.01. The summed E-state index contributed by atoms with van der Waals surface area (Å²) in [6, 6.07) is -4.57. The molecule has 0 aromatic carbocycles. The maximum atomic E-state index is 12.4. The van der Waals surface area contributed by atoms with E-state index in [0.717, 1.165) is 0 Å². The molecule has 170 valence electrons. The maximum absolute atomic E-state index is 12.4. The Morgan fingerprint density at radius 2 is 1.23 bits per heavy atom. The summed E-state index contributed by atoms with van der Waals surface area (Å²) in [6.07, 6.45) is -0.989. The topological polar surface area (TPSA) is 257 Å². The van der Waals surface area contributed by atoms with Gasteiger partial charge in [0.1, 0.15) is 24.7 Å². The summed E-state index contributed by atoms with van der Waals surface area (Å²) >= 11 is 0. The zero-order valence-corrected chi connectivity index (χ0v) is 15.8. The van der Waals surface area contributed by atoms with Crippen LogP contribution in [0.2, 0.25) is 0 Å². The molecule has 0 rings (SSSR count). The molecule has 30 heavy (non-hydrogen) atoms. The van der Waals surface area contributed by atoms with Gasteiger partial charge in [-0.1, -0.05) is 0 Å². The number of nitrogens with two attached hydrogens (primary N) is 1. The van der Waals surface area contributed by atoms with Gasteiger partial charge in [0.05, 0.1) is 19.8 Å². The number of carboxylic acid groups (broad SMARTS) is 2. The van der Waals surface area contributed by atoms with Gasteiger partial charge in [0.2, 0.25) is 23.6 Å². The van der Waals surface area contributed by atoms with Gasteiger partial charge in [-0.25, -0.2) is 0 Å². The fourth-order valence-electron chi connectivity index (χ4n) is 2.01. The van der Waals surface area contributed by atoms with E-state index >= 15 is 0 Å². The van der Waals surface area contributed by atoms with E-state index < -0.39 is 92.8 Å². The first kappa shape index (κ1) is 26.7. The highest BCUT2D eigenvalue weighted by molar-refractivity contribution is 5.95. The predicted octanol–water partition coefficient (Wildman–Crippen LogP) is -5.55. The number of carbonyl (C=O) groups excluding carboxylic acids is 4. The van der Waals surface area contributed by atoms with E-state index in [1.807, 2.05) is 5.32 Å². The van der Waals surface area contributed by atoms with Gasteiger partial charge in [-0.15, -0.1) is 0 Å². The lowest BCUT2D eigenvalue weighted by atomic mass is 10.1. The molecule has 0 fully saturated rings. The normalized spacial score (nSPS) is 13.3. The summed E-state index contributed by atoms with van der Waals surface area (Å²) in [5.41, 5.74) is 5.09. The second-order valence-corrected chi connectivity index (χ2v) is 5.86. The Kier molecular flexibility index (Phi) is 12.3. The van der Waals surface area contributed by atoms with Crippen LogP contribution >= 0.6 is 0 Å². The summed E-state index contributed by atoms with van der Waals surface area (Å²) in [4.78, 5) is 69.0. The van der Waals surface area contributed by atoms with Crippen LogP contribution in [0.15, 0.2) is 0 Å². The summed E-state index contributed by atoms with van der Waals surface area (Å²) in [5.74, 6) is -6.55. The van der Waals surface area contributed by atoms with E-state index in [9.17, 15) is 39.0 Å². The van der Waals surface area contributed by atoms with Gasteiger partial charge in [0.25, 0.3) is 0 Å². The van der Waals surface area contributed by atoms with E-state index in [1.54, 1.807) is 0 Å². The Morgan fingerprint density at radius 3 is 1.70 bits per heavy atom. The highest BCUT2D eigenvalue weighted by Crippen LogP contribution is 2.01. The predicted molar refractivity (Wildman–Crippen MR) is 96.5 cm³/mol. The first-order valence-electron chi connectivity index (χ1n) is 8.58. The average molecular weight is 435 g/mol. The van der Waals surface area contributed by atoms with Crippen LogP contribution in [-0.2, 0) is 28.8 Å². The summed E-state index contributed by atoms with van der Waals surface area (Å²) in [5, 5.41) is 44.0. The smallest absolute Gasteiger partial charge is 0.322 e. The van der Waals surface area contributed by atoms with Gasteiger partial charge in [-0.3, -0.25) is 28.8 Å². The van der Waals surface area contributed by atoms with Crippen molar-refractivity contribution < 1.29 is 49.2 Å². The Labute approximate surface area is 170 Å². The summed E-state index contributed by atoms with van der Waals surface area (Å²) < 4.78 is 0. The molecule has 0 aliphatic carbocycles. The Bertz CT molecular complexity index is 656. The Morgan fingerprint density at radius 1 is 0.733 bits per heavy atom. The van der Waals surface area contributed by atoms with E-state index in [4.69, 9.17) is 15.9 Å². The Hall–Kier alpha value is -3.30. The lowest BCUT2D eigenvalue weighted by Crippen LogP contribution is -2.58. The largest absolute Gasteiger partial charge is 0.481 e. The number of aliphatic hydroxyl groups is 2. The third kappa shape index (κ3) is 10.3. The minimum absolute atomic E-state index is 0.426. The van der Waals surface area contributed by atoms with Crippen LogP contribution in [-0.4, -0.2) is 100 Å². The van der Waals surface area contributed by atoms with Crippen LogP contribution in [0.4, 0.5) is 0 Å². The molecule has 15 heteroatoms. The van der Waals surface area contributed by atoms with Crippen molar-refractivity contribution in [3.8, 4) is 0 Å². The highest BCUT2D eigenvalue weighted by atomic mass is 16.4. The van der Waals surface area contributed by atoms with Gasteiger partial charge in [0.15, 0.2) is 0 Å². The monoisotopic (exact) mass is 435 g/mol. The third-order valence-corrected chi connectivity index (χ3v) is 3.53. The molecule has 0 unspecified atom stereocenters. The average Bonchev–Trinajstić information content (AvgIpc) is 2.70. The van der Waals surface area contributed by atoms with Crippen molar-refractivity contribution in [2.75, 3.05) is 26.3 Å². The zero-order chi connectivity index (χ0) is 23.3. The van der Waals surface area contributed by atoms with Crippen molar-refractivity contribution in [3.05, 3.63) is 0 Å². The fraction of sp³-hybridized carbons (Fsp3) is 0.600. The number of aliphatic hydroxyl groups excluding tert-OH is 2. The van der Waals surface area contributed by atoms with Crippen molar-refractivity contribution in [2.24, 2.45) is 5.73 Å². The van der Waals surface area contributed by atoms with Crippen LogP contribution in [0, 0.1) is 0 Å². The van der Waals surface area contributed by atoms with E-state index in [-0.39, 0.29) is 0 Å². The molecule has 0 aromatic rings. The third-order valence-electron chi connectivity index (χ3n) is 3.53. The van der Waals surface area contributed by atoms with Crippen molar-refractivity contribution in [3.63, 3.8) is 0 Å². The lowest BCUT2D eigenvalue weighted by molar-refractivity contribution is -0.139. The molecule has 0 radical (unpaired) electrons. The minimum atomic E-state index is -1.58. The number of amides is 4. The van der Waals surface area contributed by atoms with Crippen LogP contribution in [0.5, 0.6) is 0 Å². The SMILES string of the molecule is NCC(=O)N[C@@H](CO)C(=O)N[C@@H](CCC(=O)O)C(=O)N[C@@H](CO)C(=O)NCC(=O)O. The number of aliphatic carboxylic acids is 2. The molecule has 0 bridgehead atoms. The summed E-state index contributed by atoms with van der Waals surface area (Å²) in [7, 11) is 0. The first-order valence-corrected chi connectivity index (χ1v) is 8.58. The van der Waals surface area contributed by atoms with Gasteiger partial charge in [0, 0.05) is 6.42 Å². The molecule has 0 aromatic heterocycles. The number of rotatable bonds is 14. The van der Waals surface area contributed by atoms with Gasteiger partial charge in [-0.2, -0.15) is 0 Å². The maximum Gasteiger partial charge on any atom is 0.322 e. The van der Waals surface area contributed by atoms with Crippen LogP contribution in [0.3, 0.4) is 0 Å². The fourth-order valence-corrected chi connectivity index (χ4v) is 2.01. The standard InChI is InChI=1S/C15H25N5O10/c16-3-10(23)18-9(6-22)15(30)19-7(1-2-11(24)25)14(29)20-8(5-21)13(28)17-4-12(26)27/h7-9,21-22H,1-6,16H2,(H,17,28)(H,18,23)(H,19,30)(H,20,29)(H,24,25)(H,26,27)/t7-,8-,9-/m0/s1. The molecule has 0 aliphatic heterocycles. The van der Waals surface area contributed by atoms with Crippen LogP contribution in [0.25, 0.3) is 0 Å². The number of hydrogen-bond donors (Lipinski definition) is 9. The van der Waals surface area contributed by atoms with E-state index in [2.05, 4.69) is 16.0 Å². The molecule has 0 spiro atoms. The number of hydrogen-bond acceptors (Lipinski definition) is 9. The lowest BCUT2D eigenvalue weighted by Gasteiger charge is -2.23. The molecule has 10 N–H and O–H groups in total. The quantitative estimate of drug-likeness (QED) is 0.124. The molecule has 0 saturated carbocycles. The van der Waals surface area contributed by atoms with Crippen molar-refractivity contribution in [1.29, 1.82) is 0 Å². The van der Waals surface area contributed by atoms with Gasteiger partial charge >= 0.3 is 11.9 Å². The van der Waals surface area contributed by atoms with Crippen molar-refractivity contribution >= 4 is 35.6 Å². The minimum Gasteiger partial charge on any atom is -0.481 e. The molecule has 4 amide bonds. The molecular formula is C15H25N5O10. The zero-order valence-electron chi connectivity index (χ0n) is 15.8. The molecule has 0 aliphatic rings. The molecule has 3 atom stereocenters. The second-order valence-electron chi connectivity index (χ2n) is 5.86. The van der Waals surface area contributed by atoms with Crippen molar-refractivity contribution in [1.82, 2.24) is 21.3 Å². The molecule has 0 saturated heterocycles. The number of carbonyl (C=O) groups is 6. The van der Waals surface area contributed by atoms with Gasteiger partial charge in [-0.05, 0) is 6.42 Å². The first-order chi connectivity index (χ1) is 14.0. The Balaban J connectivity index is 5.23. The molecular weight excluding hydrogens is 410 g/mol. The second kappa shape index (κ2) is 13.8. The number of nitrogens with one attached hydrogen (secondary N) is 4. The highest BCUT2D eigenvalue weighted by Gasteiger charge is 2.29. The number of carboxylic acids is 2. The van der Waals surface area contributed by atoms with E-state index in [1.165, 1.54) is 0 Å². The van der Waals surface area contributed by atoms with Gasteiger partial charge < -0.3 is 47.4 Å².